The number of nitrogens with one attached hydrogen (secondary N) is 1. The minimum Gasteiger partial charge on any atom is -0.395 e. The Labute approximate surface area is 215 Å². The number of benzene rings is 2. The van der Waals surface area contributed by atoms with E-state index in [4.69, 9.17) is 5.11 Å². The number of aliphatic hydroxyl groups excluding tert-OH is 1. The number of hydrogen-bond acceptors (Lipinski definition) is 7. The zero-order valence-electron chi connectivity index (χ0n) is 20.4. The van der Waals surface area contributed by atoms with Crippen LogP contribution in [0.25, 0.3) is 21.9 Å². The lowest BCUT2D eigenvalue weighted by Crippen LogP contribution is -2.49. The second-order valence-electron chi connectivity index (χ2n) is 8.99. The third-order valence-corrected chi connectivity index (χ3v) is 8.38. The van der Waals surface area contributed by atoms with Gasteiger partial charge in [0.25, 0.3) is 5.91 Å². The third-order valence-electron chi connectivity index (χ3n) is 6.48. The van der Waals surface area contributed by atoms with Gasteiger partial charge in [-0.3, -0.25) is 14.4 Å². The first kappa shape index (κ1) is 25.0. The molecule has 11 heteroatoms. The highest BCUT2D eigenvalue weighted by molar-refractivity contribution is 7.89. The highest BCUT2D eigenvalue weighted by atomic mass is 32.2. The van der Waals surface area contributed by atoms with E-state index in [1.165, 1.54) is 16.4 Å². The van der Waals surface area contributed by atoms with Crippen LogP contribution < -0.4 is 5.32 Å². The standard InChI is InChI=1S/C26H28N6O4S/c1-30-18-23(17-28-30)19-5-6-21-16-27-25(15-22(21)13-19)29-26(34)20-3-2-4-24(14-20)37(35,36)32-9-7-31(8-10-32)11-12-33/h2-6,13-18,33H,7-12H2,1H3,(H,27,29,34). The fourth-order valence-corrected chi connectivity index (χ4v) is 5.90. The van der Waals surface area contributed by atoms with E-state index in [2.05, 4.69) is 15.4 Å². The smallest absolute Gasteiger partial charge is 0.256 e. The monoisotopic (exact) mass is 520 g/mol. The molecule has 1 amide bonds. The van der Waals surface area contributed by atoms with E-state index in [1.807, 2.05) is 36.3 Å². The summed E-state index contributed by atoms with van der Waals surface area (Å²) in [4.78, 5) is 19.5. The van der Waals surface area contributed by atoms with E-state index < -0.39 is 15.9 Å². The van der Waals surface area contributed by atoms with E-state index in [1.54, 1.807) is 35.3 Å². The Morgan fingerprint density at radius 1 is 1.00 bits per heavy atom. The topological polar surface area (TPSA) is 121 Å². The molecule has 2 N–H and O–H groups in total. The van der Waals surface area contributed by atoms with Crippen molar-refractivity contribution in [2.45, 2.75) is 4.90 Å². The average molecular weight is 521 g/mol. The fraction of sp³-hybridized carbons (Fsp3) is 0.269. The number of nitrogens with zero attached hydrogens (tertiary/aromatic N) is 5. The Bertz CT molecular complexity index is 1540. The number of hydrogen-bond donors (Lipinski definition) is 2. The second-order valence-corrected chi connectivity index (χ2v) is 10.9. The summed E-state index contributed by atoms with van der Waals surface area (Å²) in [5.41, 5.74) is 2.21. The van der Waals surface area contributed by atoms with E-state index in [0.29, 0.717) is 38.5 Å². The van der Waals surface area contributed by atoms with Gasteiger partial charge in [-0.15, -0.1) is 0 Å². The largest absolute Gasteiger partial charge is 0.395 e. The first-order valence-corrected chi connectivity index (χ1v) is 13.4. The molecule has 1 saturated heterocycles. The molecule has 0 atom stereocenters. The minimum absolute atomic E-state index is 0.0433. The predicted molar refractivity (Wildman–Crippen MR) is 141 cm³/mol. The molecule has 0 unspecified atom stereocenters. The predicted octanol–water partition coefficient (Wildman–Crippen LogP) is 2.19. The molecule has 37 heavy (non-hydrogen) atoms. The number of amides is 1. The molecule has 0 spiro atoms. The van der Waals surface area contributed by atoms with Gasteiger partial charge in [-0.1, -0.05) is 18.2 Å². The molecule has 0 radical (unpaired) electrons. The number of sulfonamides is 1. The molecule has 2 aromatic heterocycles. The zero-order chi connectivity index (χ0) is 26.0. The number of aliphatic hydroxyl groups is 1. The number of pyridine rings is 1. The lowest BCUT2D eigenvalue weighted by molar-refractivity contribution is 0.102. The number of β-amino-alcohol motifs (C(OH)–C–C–N with tert-alkyl or cyclic N) is 1. The molecule has 1 fully saturated rings. The van der Waals surface area contributed by atoms with Crippen LogP contribution in [0.15, 0.2) is 72.0 Å². The summed E-state index contributed by atoms with van der Waals surface area (Å²) in [5, 5.41) is 17.9. The van der Waals surface area contributed by atoms with Crippen molar-refractivity contribution < 1.29 is 18.3 Å². The summed E-state index contributed by atoms with van der Waals surface area (Å²) in [6, 6.07) is 13.8. The molecule has 192 valence electrons. The molecule has 1 aliphatic heterocycles. The fourth-order valence-electron chi connectivity index (χ4n) is 4.43. The Kier molecular flexibility index (Phi) is 7.02. The van der Waals surface area contributed by atoms with Gasteiger partial charge < -0.3 is 10.4 Å². The van der Waals surface area contributed by atoms with Crippen LogP contribution in [0.3, 0.4) is 0 Å². The second kappa shape index (κ2) is 10.4. The van der Waals surface area contributed by atoms with Crippen LogP contribution in [-0.2, 0) is 17.1 Å². The van der Waals surface area contributed by atoms with Gasteiger partial charge in [-0.25, -0.2) is 13.4 Å². The van der Waals surface area contributed by atoms with E-state index in [9.17, 15) is 13.2 Å². The first-order valence-electron chi connectivity index (χ1n) is 12.0. The Morgan fingerprint density at radius 2 is 1.81 bits per heavy atom. The SMILES string of the molecule is Cn1cc(-c2ccc3cnc(NC(=O)c4cccc(S(=O)(=O)N5CCN(CCO)CC5)c4)cc3c2)cn1. The number of rotatable bonds is 7. The zero-order valence-corrected chi connectivity index (χ0v) is 21.2. The summed E-state index contributed by atoms with van der Waals surface area (Å²) in [7, 11) is -1.88. The number of anilines is 1. The summed E-state index contributed by atoms with van der Waals surface area (Å²) in [6.45, 7) is 2.34. The lowest BCUT2D eigenvalue weighted by atomic mass is 10.1. The molecular formula is C26H28N6O4S. The summed E-state index contributed by atoms with van der Waals surface area (Å²) in [5.74, 6) is -0.0748. The van der Waals surface area contributed by atoms with Crippen molar-refractivity contribution in [3.8, 4) is 11.1 Å². The molecule has 3 heterocycles. The Hall–Kier alpha value is -3.64. The quantitative estimate of drug-likeness (QED) is 0.383. The van der Waals surface area contributed by atoms with E-state index in [-0.39, 0.29) is 17.1 Å². The van der Waals surface area contributed by atoms with Crippen LogP contribution in [0, 0.1) is 0 Å². The van der Waals surface area contributed by atoms with Crippen LogP contribution in [-0.4, -0.2) is 82.7 Å². The van der Waals surface area contributed by atoms with Crippen LogP contribution >= 0.6 is 0 Å². The van der Waals surface area contributed by atoms with Crippen molar-refractivity contribution >= 4 is 32.5 Å². The van der Waals surface area contributed by atoms with Crippen molar-refractivity contribution in [3.05, 3.63) is 72.7 Å². The van der Waals surface area contributed by atoms with Gasteiger partial charge in [0, 0.05) is 68.7 Å². The molecule has 0 aliphatic carbocycles. The van der Waals surface area contributed by atoms with Gasteiger partial charge in [0.15, 0.2) is 0 Å². The lowest BCUT2D eigenvalue weighted by Gasteiger charge is -2.33. The third kappa shape index (κ3) is 5.39. The highest BCUT2D eigenvalue weighted by Gasteiger charge is 2.28. The molecule has 2 aromatic carbocycles. The molecule has 10 nitrogen and oxygen atoms in total. The number of carbonyl (C=O) groups excluding carboxylic acids is 1. The van der Waals surface area contributed by atoms with Crippen LogP contribution in [0.1, 0.15) is 10.4 Å². The van der Waals surface area contributed by atoms with Crippen molar-refractivity contribution in [1.29, 1.82) is 0 Å². The number of fused-ring (bicyclic) bond motifs is 1. The van der Waals surface area contributed by atoms with E-state index >= 15 is 0 Å². The van der Waals surface area contributed by atoms with Gasteiger partial charge in [0.2, 0.25) is 10.0 Å². The van der Waals surface area contributed by atoms with Gasteiger partial charge in [-0.05, 0) is 41.3 Å². The maximum atomic E-state index is 13.2. The molecule has 0 saturated carbocycles. The Balaban J connectivity index is 1.33. The van der Waals surface area contributed by atoms with Crippen LogP contribution in [0.4, 0.5) is 5.82 Å². The molecule has 0 bridgehead atoms. The van der Waals surface area contributed by atoms with Gasteiger partial charge >= 0.3 is 0 Å². The highest BCUT2D eigenvalue weighted by Crippen LogP contribution is 2.25. The number of piperazine rings is 1. The summed E-state index contributed by atoms with van der Waals surface area (Å²) >= 11 is 0. The maximum absolute atomic E-state index is 13.2. The van der Waals surface area contributed by atoms with Crippen molar-refractivity contribution in [2.24, 2.45) is 7.05 Å². The number of aryl methyl sites for hydroxylation is 1. The van der Waals surface area contributed by atoms with Gasteiger partial charge in [-0.2, -0.15) is 9.40 Å². The van der Waals surface area contributed by atoms with Gasteiger partial charge in [0.1, 0.15) is 5.82 Å². The normalized spacial score (nSPS) is 15.2. The molecule has 1 aliphatic rings. The summed E-state index contributed by atoms with van der Waals surface area (Å²) in [6.07, 6.45) is 5.41. The van der Waals surface area contributed by atoms with Crippen molar-refractivity contribution in [3.63, 3.8) is 0 Å². The minimum atomic E-state index is -3.75. The van der Waals surface area contributed by atoms with Crippen molar-refractivity contribution in [1.82, 2.24) is 24.0 Å². The molecule has 5 rings (SSSR count). The van der Waals surface area contributed by atoms with Crippen LogP contribution in [0.2, 0.25) is 0 Å². The Morgan fingerprint density at radius 3 is 2.54 bits per heavy atom. The average Bonchev–Trinajstić information content (AvgIpc) is 3.35. The van der Waals surface area contributed by atoms with Crippen molar-refractivity contribution in [2.75, 3.05) is 44.6 Å². The molecular weight excluding hydrogens is 492 g/mol. The number of aromatic nitrogens is 3. The first-order chi connectivity index (χ1) is 17.8. The van der Waals surface area contributed by atoms with Gasteiger partial charge in [0.05, 0.1) is 17.7 Å². The van der Waals surface area contributed by atoms with Crippen LogP contribution in [0.5, 0.6) is 0 Å². The van der Waals surface area contributed by atoms with E-state index in [0.717, 1.165) is 21.9 Å². The molecule has 4 aromatic rings. The number of carbonyl (C=O) groups is 1. The summed E-state index contributed by atoms with van der Waals surface area (Å²) < 4.78 is 29.5. The maximum Gasteiger partial charge on any atom is 0.256 e.